The second-order valence-electron chi connectivity index (χ2n) is 13.5. The zero-order valence-electron chi connectivity index (χ0n) is 21.9. The van der Waals surface area contributed by atoms with Gasteiger partial charge in [-0.25, -0.2) is 4.98 Å². The van der Waals surface area contributed by atoms with Crippen molar-refractivity contribution >= 4 is 11.0 Å². The topological polar surface area (TPSA) is 48.9 Å². The molecule has 1 aromatic carbocycles. The molecule has 0 aliphatic heterocycles. The fraction of sp³-hybridized carbons (Fsp3) is 0.774. The van der Waals surface area contributed by atoms with E-state index in [2.05, 4.69) is 50.9 Å². The molecule has 186 valence electrons. The number of benzene rings is 1. The molecule has 0 saturated heterocycles. The quantitative estimate of drug-likeness (QED) is 0.495. The Balaban J connectivity index is 1.15. The molecule has 0 spiro atoms. The lowest BCUT2D eigenvalue weighted by Crippen LogP contribution is -2.54. The molecule has 4 aliphatic rings. The summed E-state index contributed by atoms with van der Waals surface area (Å²) in [5.74, 6) is 6.34. The largest absolute Gasteiger partial charge is 0.393 e. The molecule has 3 heteroatoms. The number of hydrogen-bond donors (Lipinski definition) is 2. The van der Waals surface area contributed by atoms with Crippen molar-refractivity contribution in [1.29, 1.82) is 0 Å². The summed E-state index contributed by atoms with van der Waals surface area (Å²) in [7, 11) is 0. The Morgan fingerprint density at radius 1 is 1.03 bits per heavy atom. The Kier molecular flexibility index (Phi) is 5.67. The highest BCUT2D eigenvalue weighted by molar-refractivity contribution is 5.75. The Morgan fingerprint density at radius 2 is 1.82 bits per heavy atom. The molecule has 0 unspecified atom stereocenters. The molecule has 2 N–H and O–H groups in total. The molecule has 6 rings (SSSR count). The van der Waals surface area contributed by atoms with Crippen molar-refractivity contribution in [1.82, 2.24) is 9.97 Å². The average Bonchev–Trinajstić information content (AvgIpc) is 3.37. The van der Waals surface area contributed by atoms with E-state index in [0.29, 0.717) is 10.8 Å². The zero-order chi connectivity index (χ0) is 23.7. The third-order valence-corrected chi connectivity index (χ3v) is 11.9. The van der Waals surface area contributed by atoms with Gasteiger partial charge in [0.15, 0.2) is 0 Å². The molecular formula is C31H46N2O. The van der Waals surface area contributed by atoms with Gasteiger partial charge in [-0.15, -0.1) is 0 Å². The number of aryl methyl sites for hydroxylation is 2. The first-order valence-electron chi connectivity index (χ1n) is 14.4. The monoisotopic (exact) mass is 462 g/mol. The molecule has 0 amide bonds. The summed E-state index contributed by atoms with van der Waals surface area (Å²) in [5, 5.41) is 10.3. The molecule has 1 heterocycles. The number of nitrogens with zero attached hydrogens (tertiary/aromatic N) is 1. The van der Waals surface area contributed by atoms with Crippen molar-refractivity contribution in [3.8, 4) is 0 Å². The highest BCUT2D eigenvalue weighted by Gasteiger charge is 2.60. The van der Waals surface area contributed by atoms with Gasteiger partial charge in [0.1, 0.15) is 5.82 Å². The molecule has 9 atom stereocenters. The van der Waals surface area contributed by atoms with Gasteiger partial charge < -0.3 is 10.1 Å². The van der Waals surface area contributed by atoms with E-state index < -0.39 is 0 Å². The molecule has 34 heavy (non-hydrogen) atoms. The van der Waals surface area contributed by atoms with E-state index in [1.54, 1.807) is 0 Å². The van der Waals surface area contributed by atoms with Gasteiger partial charge in [-0.2, -0.15) is 0 Å². The predicted octanol–water partition coefficient (Wildman–Crippen LogP) is 7.46. The van der Waals surface area contributed by atoms with Crippen LogP contribution in [-0.2, 0) is 6.42 Å². The van der Waals surface area contributed by atoms with Gasteiger partial charge in [0.2, 0.25) is 0 Å². The maximum absolute atomic E-state index is 10.3. The van der Waals surface area contributed by atoms with Crippen molar-refractivity contribution in [2.45, 2.75) is 104 Å². The first kappa shape index (κ1) is 23.1. The van der Waals surface area contributed by atoms with E-state index >= 15 is 0 Å². The molecular weight excluding hydrogens is 416 g/mol. The summed E-state index contributed by atoms with van der Waals surface area (Å²) in [6.07, 6.45) is 14.2. The molecule has 4 aliphatic carbocycles. The molecule has 4 saturated carbocycles. The number of aliphatic hydroxyl groups excluding tert-OH is 1. The van der Waals surface area contributed by atoms with Crippen LogP contribution in [-0.4, -0.2) is 21.2 Å². The summed E-state index contributed by atoms with van der Waals surface area (Å²) < 4.78 is 0. The summed E-state index contributed by atoms with van der Waals surface area (Å²) in [4.78, 5) is 8.47. The van der Waals surface area contributed by atoms with E-state index in [1.165, 1.54) is 68.3 Å². The molecule has 1 aromatic heterocycles. The van der Waals surface area contributed by atoms with Crippen LogP contribution in [0, 0.1) is 53.3 Å². The van der Waals surface area contributed by atoms with Crippen LogP contribution in [0.4, 0.5) is 0 Å². The van der Waals surface area contributed by atoms with Crippen LogP contribution in [0.1, 0.15) is 96.4 Å². The smallest absolute Gasteiger partial charge is 0.107 e. The van der Waals surface area contributed by atoms with Crippen molar-refractivity contribution in [2.24, 2.45) is 46.3 Å². The first-order valence-corrected chi connectivity index (χ1v) is 14.4. The highest BCUT2D eigenvalue weighted by Crippen LogP contribution is 2.68. The average molecular weight is 463 g/mol. The second kappa shape index (κ2) is 8.36. The summed E-state index contributed by atoms with van der Waals surface area (Å²) in [6.45, 7) is 9.99. The third kappa shape index (κ3) is 3.59. The molecule has 0 bridgehead atoms. The minimum atomic E-state index is -0.0315. The normalized spacial score (nSPS) is 42.7. The van der Waals surface area contributed by atoms with Crippen molar-refractivity contribution in [3.63, 3.8) is 0 Å². The Morgan fingerprint density at radius 3 is 2.68 bits per heavy atom. The van der Waals surface area contributed by atoms with Crippen LogP contribution >= 0.6 is 0 Å². The van der Waals surface area contributed by atoms with E-state index in [-0.39, 0.29) is 6.10 Å². The molecule has 3 nitrogen and oxygen atoms in total. The lowest BCUT2D eigenvalue weighted by molar-refractivity contribution is -0.129. The first-order chi connectivity index (χ1) is 16.3. The Hall–Kier alpha value is -1.35. The van der Waals surface area contributed by atoms with Crippen LogP contribution in [0.5, 0.6) is 0 Å². The second-order valence-corrected chi connectivity index (χ2v) is 13.5. The number of aromatic amines is 1. The van der Waals surface area contributed by atoms with Crippen LogP contribution in [0.2, 0.25) is 0 Å². The van der Waals surface area contributed by atoms with Gasteiger partial charge in [0, 0.05) is 6.42 Å². The molecule has 4 fully saturated rings. The van der Waals surface area contributed by atoms with Crippen LogP contribution in [0.25, 0.3) is 11.0 Å². The van der Waals surface area contributed by atoms with Gasteiger partial charge in [0.05, 0.1) is 17.1 Å². The lowest BCUT2D eigenvalue weighted by Gasteiger charge is -2.61. The summed E-state index contributed by atoms with van der Waals surface area (Å²) >= 11 is 0. The Bertz CT molecular complexity index is 1040. The van der Waals surface area contributed by atoms with Crippen LogP contribution in [0.15, 0.2) is 18.2 Å². The van der Waals surface area contributed by atoms with E-state index in [1.807, 2.05) is 0 Å². The van der Waals surface area contributed by atoms with Crippen molar-refractivity contribution in [3.05, 3.63) is 29.6 Å². The van der Waals surface area contributed by atoms with Crippen molar-refractivity contribution in [2.75, 3.05) is 0 Å². The number of fused-ring (bicyclic) bond motifs is 6. The lowest BCUT2D eigenvalue weighted by atomic mass is 9.44. The number of aliphatic hydroxyl groups is 1. The standard InChI is InChI=1S/C31H46N2O/c1-19-5-11-27-28(17-19)33-29(32-27)12-6-20(2)24-9-10-25-23-8-7-21-18-22(34)13-15-30(21,3)26(23)14-16-31(24,25)4/h5,11,17,20-26,34H,6-10,12-16,18H2,1-4H3,(H,32,33)/t20-,21+,22-,23-,24-,25+,26+,30-,31+/m0/s1. The van der Waals surface area contributed by atoms with Crippen molar-refractivity contribution < 1.29 is 5.11 Å². The van der Waals surface area contributed by atoms with E-state index in [4.69, 9.17) is 4.98 Å². The summed E-state index contributed by atoms with van der Waals surface area (Å²) in [6, 6.07) is 6.53. The minimum Gasteiger partial charge on any atom is -0.393 e. The minimum absolute atomic E-state index is 0.0315. The predicted molar refractivity (Wildman–Crippen MR) is 140 cm³/mol. The van der Waals surface area contributed by atoms with E-state index in [9.17, 15) is 5.11 Å². The SMILES string of the molecule is Cc1ccc2nc(CC[C@H](C)[C@@H]3CC[C@@H]4[C@@H]5CC[C@@H]6C[C@@H](O)CC[C@]6(C)[C@@H]5CC[C@@]43C)[nH]c2c1. The van der Waals surface area contributed by atoms with Crippen LogP contribution < -0.4 is 0 Å². The van der Waals surface area contributed by atoms with Gasteiger partial charge in [-0.05, 0) is 135 Å². The highest BCUT2D eigenvalue weighted by atomic mass is 16.3. The van der Waals surface area contributed by atoms with Gasteiger partial charge in [-0.3, -0.25) is 0 Å². The fourth-order valence-corrected chi connectivity index (χ4v) is 10.1. The number of aromatic nitrogens is 2. The number of rotatable bonds is 4. The van der Waals surface area contributed by atoms with E-state index in [0.717, 1.165) is 60.3 Å². The van der Waals surface area contributed by atoms with Crippen LogP contribution in [0.3, 0.4) is 0 Å². The molecule has 0 radical (unpaired) electrons. The number of H-pyrrole nitrogens is 1. The maximum Gasteiger partial charge on any atom is 0.107 e. The third-order valence-electron chi connectivity index (χ3n) is 11.9. The van der Waals surface area contributed by atoms with Gasteiger partial charge in [0.25, 0.3) is 0 Å². The zero-order valence-corrected chi connectivity index (χ0v) is 21.9. The number of nitrogens with one attached hydrogen (secondary N) is 1. The number of hydrogen-bond acceptors (Lipinski definition) is 2. The fourth-order valence-electron chi connectivity index (χ4n) is 10.1. The van der Waals surface area contributed by atoms with Gasteiger partial charge in [-0.1, -0.05) is 26.8 Å². The maximum atomic E-state index is 10.3. The number of imidazole rings is 1. The van der Waals surface area contributed by atoms with Gasteiger partial charge >= 0.3 is 0 Å². The Labute approximate surface area is 206 Å². The summed E-state index contributed by atoms with van der Waals surface area (Å²) in [5.41, 5.74) is 4.62. The molecule has 2 aromatic rings.